The van der Waals surface area contributed by atoms with Crippen LogP contribution in [0.1, 0.15) is 12.5 Å². The molecule has 0 aliphatic carbocycles. The number of hydrogen-bond donors (Lipinski definition) is 1. The summed E-state index contributed by atoms with van der Waals surface area (Å²) < 4.78 is 40.5. The molecule has 1 aliphatic heterocycles. The third-order valence-electron chi connectivity index (χ3n) is 4.11. The van der Waals surface area contributed by atoms with Crippen LogP contribution in [0.2, 0.25) is 0 Å². The van der Waals surface area contributed by atoms with Crippen molar-refractivity contribution in [3.63, 3.8) is 0 Å². The smallest absolute Gasteiger partial charge is 0.240 e. The lowest BCUT2D eigenvalue weighted by Crippen LogP contribution is -2.46. The standard InChI is InChI=1S/C16H26FN3O2S/c1-13-8-15(17)10-16(9-13)23(21,22)18-11-14(2)12-20-6-4-19(3)5-7-20/h8-10,14,18H,4-7,11-12H2,1-3H3. The Morgan fingerprint density at radius 3 is 2.48 bits per heavy atom. The number of piperazine rings is 1. The van der Waals surface area contributed by atoms with Crippen LogP contribution in [0.15, 0.2) is 23.1 Å². The second-order valence-electron chi connectivity index (χ2n) is 6.53. The Balaban J connectivity index is 1.88. The summed E-state index contributed by atoms with van der Waals surface area (Å²) >= 11 is 0. The second kappa shape index (κ2) is 7.70. The summed E-state index contributed by atoms with van der Waals surface area (Å²) in [6.45, 7) is 9.02. The molecule has 1 saturated heterocycles. The number of likely N-dealkylation sites (N-methyl/N-ethyl adjacent to an activating group) is 1. The van der Waals surface area contributed by atoms with Gasteiger partial charge in [-0.3, -0.25) is 0 Å². The zero-order valence-electron chi connectivity index (χ0n) is 14.0. The first-order chi connectivity index (χ1) is 10.8. The maximum absolute atomic E-state index is 13.4. The van der Waals surface area contributed by atoms with Gasteiger partial charge in [0, 0.05) is 39.3 Å². The highest BCUT2D eigenvalue weighted by molar-refractivity contribution is 7.89. The number of hydrogen-bond acceptors (Lipinski definition) is 4. The minimum atomic E-state index is -3.67. The predicted octanol–water partition coefficient (Wildman–Crippen LogP) is 1.30. The van der Waals surface area contributed by atoms with E-state index >= 15 is 0 Å². The van der Waals surface area contributed by atoms with Gasteiger partial charge >= 0.3 is 0 Å². The number of nitrogens with zero attached hydrogens (tertiary/aromatic N) is 2. The van der Waals surface area contributed by atoms with Gasteiger partial charge in [0.25, 0.3) is 0 Å². The van der Waals surface area contributed by atoms with E-state index in [-0.39, 0.29) is 10.8 Å². The zero-order chi connectivity index (χ0) is 17.0. The Morgan fingerprint density at radius 2 is 1.87 bits per heavy atom. The first-order valence-electron chi connectivity index (χ1n) is 7.94. The van der Waals surface area contributed by atoms with Gasteiger partial charge in [0.05, 0.1) is 4.90 Å². The highest BCUT2D eigenvalue weighted by Crippen LogP contribution is 2.14. The van der Waals surface area contributed by atoms with E-state index in [1.165, 1.54) is 12.1 Å². The van der Waals surface area contributed by atoms with E-state index in [4.69, 9.17) is 0 Å². The number of halogens is 1. The lowest BCUT2D eigenvalue weighted by molar-refractivity contribution is 0.139. The number of rotatable bonds is 6. The summed E-state index contributed by atoms with van der Waals surface area (Å²) in [4.78, 5) is 4.63. The Morgan fingerprint density at radius 1 is 1.22 bits per heavy atom. The minimum absolute atomic E-state index is 0.0122. The first kappa shape index (κ1) is 18.3. The summed E-state index contributed by atoms with van der Waals surface area (Å²) in [5.74, 6) is -0.335. The van der Waals surface area contributed by atoms with E-state index in [9.17, 15) is 12.8 Å². The molecule has 7 heteroatoms. The average molecular weight is 343 g/mol. The zero-order valence-corrected chi connectivity index (χ0v) is 14.9. The molecule has 1 aromatic carbocycles. The van der Waals surface area contributed by atoms with Gasteiger partial charge in [0.1, 0.15) is 5.82 Å². The molecular formula is C16H26FN3O2S. The van der Waals surface area contributed by atoms with Crippen molar-refractivity contribution in [2.75, 3.05) is 46.3 Å². The lowest BCUT2D eigenvalue weighted by Gasteiger charge is -2.33. The topological polar surface area (TPSA) is 52.7 Å². The molecule has 130 valence electrons. The van der Waals surface area contributed by atoms with Crippen LogP contribution in [-0.4, -0.2) is 64.5 Å². The van der Waals surface area contributed by atoms with Gasteiger partial charge in [-0.15, -0.1) is 0 Å². The van der Waals surface area contributed by atoms with Crippen LogP contribution in [0.5, 0.6) is 0 Å². The molecule has 0 bridgehead atoms. The molecule has 1 heterocycles. The Labute approximate surface area is 138 Å². The molecule has 1 aliphatic rings. The maximum atomic E-state index is 13.4. The monoisotopic (exact) mass is 343 g/mol. The minimum Gasteiger partial charge on any atom is -0.304 e. The van der Waals surface area contributed by atoms with Crippen LogP contribution < -0.4 is 4.72 Å². The second-order valence-corrected chi connectivity index (χ2v) is 8.29. The van der Waals surface area contributed by atoms with E-state index in [0.29, 0.717) is 12.1 Å². The van der Waals surface area contributed by atoms with E-state index in [1.54, 1.807) is 6.92 Å². The van der Waals surface area contributed by atoms with Crippen LogP contribution in [-0.2, 0) is 10.0 Å². The molecule has 5 nitrogen and oxygen atoms in total. The molecule has 0 amide bonds. The van der Waals surface area contributed by atoms with E-state index in [1.807, 2.05) is 6.92 Å². The summed E-state index contributed by atoms with van der Waals surface area (Å²) in [6.07, 6.45) is 0. The van der Waals surface area contributed by atoms with Gasteiger partial charge in [-0.25, -0.2) is 17.5 Å². The van der Waals surface area contributed by atoms with E-state index in [0.717, 1.165) is 38.8 Å². The highest BCUT2D eigenvalue weighted by atomic mass is 32.2. The van der Waals surface area contributed by atoms with Crippen molar-refractivity contribution in [1.29, 1.82) is 0 Å². The number of sulfonamides is 1. The fraction of sp³-hybridized carbons (Fsp3) is 0.625. The van der Waals surface area contributed by atoms with Crippen molar-refractivity contribution in [1.82, 2.24) is 14.5 Å². The molecule has 1 fully saturated rings. The molecule has 1 atom stereocenters. The molecule has 0 spiro atoms. The lowest BCUT2D eigenvalue weighted by atomic mass is 10.1. The highest BCUT2D eigenvalue weighted by Gasteiger charge is 2.19. The number of nitrogens with one attached hydrogen (secondary N) is 1. The van der Waals surface area contributed by atoms with Crippen molar-refractivity contribution >= 4 is 10.0 Å². The van der Waals surface area contributed by atoms with Gasteiger partial charge in [-0.05, 0) is 43.7 Å². The fourth-order valence-corrected chi connectivity index (χ4v) is 4.01. The van der Waals surface area contributed by atoms with E-state index < -0.39 is 15.8 Å². The Bertz CT molecular complexity index is 608. The first-order valence-corrected chi connectivity index (χ1v) is 9.42. The number of benzene rings is 1. The van der Waals surface area contributed by atoms with Crippen LogP contribution >= 0.6 is 0 Å². The van der Waals surface area contributed by atoms with Crippen LogP contribution in [0, 0.1) is 18.7 Å². The summed E-state index contributed by atoms with van der Waals surface area (Å²) in [5.41, 5.74) is 0.593. The molecule has 0 saturated carbocycles. The van der Waals surface area contributed by atoms with Gasteiger partial charge in [0.15, 0.2) is 0 Å². The Kier molecular flexibility index (Phi) is 6.13. The van der Waals surface area contributed by atoms with Crippen molar-refractivity contribution < 1.29 is 12.8 Å². The fourth-order valence-electron chi connectivity index (χ4n) is 2.73. The van der Waals surface area contributed by atoms with Gasteiger partial charge < -0.3 is 9.80 Å². The van der Waals surface area contributed by atoms with Crippen molar-refractivity contribution in [2.24, 2.45) is 5.92 Å². The normalized spacial score (nSPS) is 19.0. The summed E-state index contributed by atoms with van der Waals surface area (Å²) in [6, 6.07) is 3.85. The van der Waals surface area contributed by atoms with Crippen molar-refractivity contribution in [3.05, 3.63) is 29.6 Å². The van der Waals surface area contributed by atoms with Crippen LogP contribution in [0.4, 0.5) is 4.39 Å². The molecule has 2 rings (SSSR count). The summed E-state index contributed by atoms with van der Waals surface area (Å²) in [7, 11) is -1.56. The third kappa shape index (κ3) is 5.53. The molecule has 1 aromatic rings. The molecule has 1 unspecified atom stereocenters. The predicted molar refractivity (Wildman–Crippen MR) is 89.4 cm³/mol. The maximum Gasteiger partial charge on any atom is 0.240 e. The third-order valence-corrected chi connectivity index (χ3v) is 5.52. The molecule has 0 aromatic heterocycles. The number of aryl methyl sites for hydroxylation is 1. The van der Waals surface area contributed by atoms with Gasteiger partial charge in [-0.1, -0.05) is 6.92 Å². The molecule has 23 heavy (non-hydrogen) atoms. The van der Waals surface area contributed by atoms with Crippen LogP contribution in [0.3, 0.4) is 0 Å². The van der Waals surface area contributed by atoms with Gasteiger partial charge in [-0.2, -0.15) is 0 Å². The quantitative estimate of drug-likeness (QED) is 0.846. The summed E-state index contributed by atoms with van der Waals surface area (Å²) in [5, 5.41) is 0. The largest absolute Gasteiger partial charge is 0.304 e. The van der Waals surface area contributed by atoms with Gasteiger partial charge in [0.2, 0.25) is 10.0 Å². The van der Waals surface area contributed by atoms with E-state index in [2.05, 4.69) is 21.6 Å². The Hall–Kier alpha value is -1.02. The average Bonchev–Trinajstić information content (AvgIpc) is 2.47. The van der Waals surface area contributed by atoms with Crippen LogP contribution in [0.25, 0.3) is 0 Å². The molecule has 1 N–H and O–H groups in total. The molecule has 0 radical (unpaired) electrons. The molecular weight excluding hydrogens is 317 g/mol. The van der Waals surface area contributed by atoms with Crippen molar-refractivity contribution in [2.45, 2.75) is 18.7 Å². The van der Waals surface area contributed by atoms with Crippen molar-refractivity contribution in [3.8, 4) is 0 Å². The SMILES string of the molecule is Cc1cc(F)cc(S(=O)(=O)NCC(C)CN2CCN(C)CC2)c1.